The molecule has 0 radical (unpaired) electrons. The molecule has 0 aliphatic carbocycles. The summed E-state index contributed by atoms with van der Waals surface area (Å²) in [5.41, 5.74) is -0.566. The fraction of sp³-hybridized carbons (Fsp3) is 0.333. The molecule has 2 heterocycles. The van der Waals surface area contributed by atoms with E-state index in [0.29, 0.717) is 11.3 Å². The number of amides is 2. The molecule has 4 rings (SSSR count). The highest BCUT2D eigenvalue weighted by atomic mass is 32.2. The Morgan fingerprint density at radius 1 is 1.03 bits per heavy atom. The summed E-state index contributed by atoms with van der Waals surface area (Å²) >= 11 is 1.48. The van der Waals surface area contributed by atoms with Gasteiger partial charge >= 0.3 is 11.9 Å². The number of imide groups is 1. The largest absolute Gasteiger partial charge is 0.481 e. The van der Waals surface area contributed by atoms with E-state index in [4.69, 9.17) is 0 Å². The molecule has 0 aromatic heterocycles. The normalized spacial score (nSPS) is 26.5. The van der Waals surface area contributed by atoms with Crippen molar-refractivity contribution in [1.82, 2.24) is 10.2 Å². The fourth-order valence-electron chi connectivity index (χ4n) is 4.93. The van der Waals surface area contributed by atoms with Crippen LogP contribution >= 0.6 is 11.8 Å². The lowest BCUT2D eigenvalue weighted by Gasteiger charge is -2.30. The van der Waals surface area contributed by atoms with E-state index in [-0.39, 0.29) is 6.54 Å². The number of carbonyl (C=O) groups excluding carboxylic acids is 2. The van der Waals surface area contributed by atoms with Crippen LogP contribution in [0.2, 0.25) is 0 Å². The van der Waals surface area contributed by atoms with Crippen LogP contribution in [0.4, 0.5) is 0 Å². The van der Waals surface area contributed by atoms with Gasteiger partial charge in [0.05, 0.1) is 18.3 Å². The Hall–Kier alpha value is -3.17. The third-order valence-electron chi connectivity index (χ3n) is 6.41. The Morgan fingerprint density at radius 3 is 2.33 bits per heavy atom. The minimum Gasteiger partial charge on any atom is -0.481 e. The number of nitrogens with zero attached hydrogens (tertiary/aromatic N) is 1. The summed E-state index contributed by atoms with van der Waals surface area (Å²) in [6.45, 7) is 1.95. The van der Waals surface area contributed by atoms with E-state index < -0.39 is 53.6 Å². The summed E-state index contributed by atoms with van der Waals surface area (Å²) < 4.78 is 0. The molecule has 0 saturated carbocycles. The van der Waals surface area contributed by atoms with Gasteiger partial charge in [-0.1, -0.05) is 42.5 Å². The van der Waals surface area contributed by atoms with Crippen molar-refractivity contribution in [2.75, 3.05) is 12.3 Å². The number of likely N-dealkylation sites (tertiary alicyclic amines) is 1. The maximum atomic E-state index is 13.4. The lowest BCUT2D eigenvalue weighted by atomic mass is 9.77. The van der Waals surface area contributed by atoms with E-state index in [1.165, 1.54) is 11.8 Å². The van der Waals surface area contributed by atoms with Crippen molar-refractivity contribution >= 4 is 35.5 Å². The summed E-state index contributed by atoms with van der Waals surface area (Å²) in [6.07, 6.45) is -0.808. The lowest BCUT2D eigenvalue weighted by Crippen LogP contribution is -2.57. The molecule has 4 atom stereocenters. The number of carbonyl (C=O) groups is 4. The number of carboxylic acid groups (broad SMARTS) is 2. The Labute approximate surface area is 195 Å². The average Bonchev–Trinajstić information content (AvgIpc) is 3.24. The van der Waals surface area contributed by atoms with Crippen molar-refractivity contribution < 1.29 is 29.4 Å². The zero-order valence-corrected chi connectivity index (χ0v) is 18.7. The van der Waals surface area contributed by atoms with Gasteiger partial charge in [-0.3, -0.25) is 29.4 Å². The van der Waals surface area contributed by atoms with Crippen LogP contribution in [0.3, 0.4) is 0 Å². The van der Waals surface area contributed by atoms with Crippen molar-refractivity contribution in [2.45, 2.75) is 29.8 Å². The van der Waals surface area contributed by atoms with Gasteiger partial charge in [-0.25, -0.2) is 0 Å². The van der Waals surface area contributed by atoms with Crippen LogP contribution in [0.1, 0.15) is 23.6 Å². The molecule has 8 nitrogen and oxygen atoms in total. The van der Waals surface area contributed by atoms with Crippen LogP contribution in [-0.2, 0) is 19.2 Å². The Balaban J connectivity index is 1.68. The molecular formula is C24H24N2O6S. The molecule has 4 unspecified atom stereocenters. The molecule has 0 spiro atoms. The predicted molar refractivity (Wildman–Crippen MR) is 121 cm³/mol. The van der Waals surface area contributed by atoms with Crippen LogP contribution in [-0.4, -0.2) is 56.7 Å². The smallest absolute Gasteiger partial charge is 0.325 e. The van der Waals surface area contributed by atoms with Gasteiger partial charge in [0.1, 0.15) is 5.54 Å². The molecule has 2 saturated heterocycles. The highest BCUT2D eigenvalue weighted by Gasteiger charge is 2.69. The molecule has 2 fully saturated rings. The maximum Gasteiger partial charge on any atom is 0.325 e. The predicted octanol–water partition coefficient (Wildman–Crippen LogP) is 2.33. The standard InChI is InChI=1S/C24H24N2O6S/c1-14-7-5-6-10-16(14)20-18-19(24(25-20,23(31)32)13-17(27)28)22(30)26(21(18)29)11-12-33-15-8-3-2-4-9-15/h2-10,18-20,25H,11-13H2,1H3,(H,27,28)(H,31,32). The zero-order chi connectivity index (χ0) is 23.8. The zero-order valence-electron chi connectivity index (χ0n) is 17.9. The van der Waals surface area contributed by atoms with Gasteiger partial charge in [0.2, 0.25) is 11.8 Å². The Kier molecular flexibility index (Phi) is 6.27. The van der Waals surface area contributed by atoms with Crippen LogP contribution in [0.5, 0.6) is 0 Å². The van der Waals surface area contributed by atoms with Gasteiger partial charge in [0, 0.05) is 23.2 Å². The van der Waals surface area contributed by atoms with Gasteiger partial charge in [0.25, 0.3) is 0 Å². The molecular weight excluding hydrogens is 444 g/mol. The number of aryl methyl sites for hydroxylation is 1. The molecule has 2 amide bonds. The van der Waals surface area contributed by atoms with Crippen molar-refractivity contribution in [3.05, 3.63) is 65.7 Å². The average molecular weight is 469 g/mol. The van der Waals surface area contributed by atoms with Crippen molar-refractivity contribution in [2.24, 2.45) is 11.8 Å². The summed E-state index contributed by atoms with van der Waals surface area (Å²) in [5, 5.41) is 22.5. The van der Waals surface area contributed by atoms with Crippen molar-refractivity contribution in [3.63, 3.8) is 0 Å². The monoisotopic (exact) mass is 468 g/mol. The third-order valence-corrected chi connectivity index (χ3v) is 7.40. The SMILES string of the molecule is Cc1ccccc1C1NC(CC(=O)O)(C(=O)O)C2C(=O)N(CCSc3ccccc3)C(=O)C12. The first-order chi connectivity index (χ1) is 15.8. The van der Waals surface area contributed by atoms with Crippen LogP contribution in [0, 0.1) is 18.8 Å². The maximum absolute atomic E-state index is 13.4. The van der Waals surface area contributed by atoms with E-state index in [1.54, 1.807) is 12.1 Å². The number of fused-ring (bicyclic) bond motifs is 1. The second kappa shape index (κ2) is 8.99. The summed E-state index contributed by atoms with van der Waals surface area (Å²) in [5.74, 6) is -5.74. The number of hydrogen-bond donors (Lipinski definition) is 3. The second-order valence-corrected chi connectivity index (χ2v) is 9.49. The third kappa shape index (κ3) is 4.02. The number of carboxylic acids is 2. The van der Waals surface area contributed by atoms with E-state index >= 15 is 0 Å². The molecule has 2 aliphatic heterocycles. The van der Waals surface area contributed by atoms with Crippen LogP contribution in [0.15, 0.2) is 59.5 Å². The Morgan fingerprint density at radius 2 is 1.70 bits per heavy atom. The number of aliphatic carboxylic acids is 2. The molecule has 172 valence electrons. The number of rotatable bonds is 8. The molecule has 3 N–H and O–H groups in total. The quantitative estimate of drug-likeness (QED) is 0.398. The minimum atomic E-state index is -2.07. The van der Waals surface area contributed by atoms with Crippen molar-refractivity contribution in [1.29, 1.82) is 0 Å². The molecule has 0 bridgehead atoms. The molecule has 33 heavy (non-hydrogen) atoms. The fourth-order valence-corrected chi connectivity index (χ4v) is 5.79. The summed E-state index contributed by atoms with van der Waals surface area (Å²) in [7, 11) is 0. The first-order valence-electron chi connectivity index (χ1n) is 10.6. The molecule has 9 heteroatoms. The number of hydrogen-bond acceptors (Lipinski definition) is 6. The van der Waals surface area contributed by atoms with Gasteiger partial charge < -0.3 is 10.2 Å². The van der Waals surface area contributed by atoms with Crippen molar-refractivity contribution in [3.8, 4) is 0 Å². The molecule has 2 aromatic carbocycles. The van der Waals surface area contributed by atoms with Crippen LogP contribution in [0.25, 0.3) is 0 Å². The first-order valence-corrected chi connectivity index (χ1v) is 11.6. The lowest BCUT2D eigenvalue weighted by molar-refractivity contribution is -0.155. The highest BCUT2D eigenvalue weighted by Crippen LogP contribution is 2.50. The second-order valence-electron chi connectivity index (χ2n) is 8.32. The summed E-state index contributed by atoms with van der Waals surface area (Å²) in [6, 6.07) is 15.9. The van der Waals surface area contributed by atoms with E-state index in [1.807, 2.05) is 49.4 Å². The first kappa shape index (κ1) is 23.0. The number of benzene rings is 2. The highest BCUT2D eigenvalue weighted by molar-refractivity contribution is 7.99. The molecule has 2 aromatic rings. The van der Waals surface area contributed by atoms with E-state index in [2.05, 4.69) is 5.32 Å². The van der Waals surface area contributed by atoms with E-state index in [9.17, 15) is 29.4 Å². The summed E-state index contributed by atoms with van der Waals surface area (Å²) in [4.78, 5) is 53.0. The van der Waals surface area contributed by atoms with Crippen LogP contribution < -0.4 is 5.32 Å². The topological polar surface area (TPSA) is 124 Å². The van der Waals surface area contributed by atoms with E-state index in [0.717, 1.165) is 15.4 Å². The Bertz CT molecular complexity index is 1110. The van der Waals surface area contributed by atoms with Gasteiger partial charge in [-0.05, 0) is 30.2 Å². The molecule has 2 aliphatic rings. The van der Waals surface area contributed by atoms with Gasteiger partial charge in [0.15, 0.2) is 0 Å². The number of thioether (sulfide) groups is 1. The number of nitrogens with one attached hydrogen (secondary N) is 1. The minimum absolute atomic E-state index is 0.119. The van der Waals surface area contributed by atoms with Gasteiger partial charge in [-0.2, -0.15) is 0 Å². The van der Waals surface area contributed by atoms with Gasteiger partial charge in [-0.15, -0.1) is 11.8 Å².